The molecule has 0 radical (unpaired) electrons. The second kappa shape index (κ2) is 3.51. The van der Waals surface area contributed by atoms with Crippen LogP contribution in [0.15, 0.2) is 11.1 Å². The van der Waals surface area contributed by atoms with Crippen LogP contribution in [0.3, 0.4) is 0 Å². The maximum Gasteiger partial charge on any atom is 0.343 e. The normalized spacial score (nSPS) is 15.9. The topological polar surface area (TPSA) is 91.1 Å². The Hall–Kier alpha value is -1.14. The van der Waals surface area contributed by atoms with Crippen molar-refractivity contribution in [1.29, 1.82) is 0 Å². The molecule has 2 atom stereocenters. The summed E-state index contributed by atoms with van der Waals surface area (Å²) in [4.78, 5) is 10.9. The van der Waals surface area contributed by atoms with Gasteiger partial charge in [-0.2, -0.15) is 5.10 Å². The fourth-order valence-electron chi connectivity index (χ4n) is 0.966. The number of nitrogens with one attached hydrogen (secondary N) is 1. The van der Waals surface area contributed by atoms with Gasteiger partial charge in [0, 0.05) is 0 Å². The van der Waals surface area contributed by atoms with E-state index in [1.807, 2.05) is 0 Å². The molecule has 1 aromatic rings. The Morgan fingerprint density at radius 1 is 1.83 bits per heavy atom. The van der Waals surface area contributed by atoms with Crippen molar-refractivity contribution < 1.29 is 10.2 Å². The first-order chi connectivity index (χ1) is 5.66. The van der Waals surface area contributed by atoms with Gasteiger partial charge in [-0.05, 0) is 6.92 Å². The molecule has 12 heavy (non-hydrogen) atoms. The molecular weight excluding hydrogens is 162 g/mol. The van der Waals surface area contributed by atoms with Crippen molar-refractivity contribution in [2.24, 2.45) is 0 Å². The molecule has 1 aromatic heterocycles. The van der Waals surface area contributed by atoms with Gasteiger partial charge in [0.25, 0.3) is 0 Å². The summed E-state index contributed by atoms with van der Waals surface area (Å²) in [6.07, 6.45) is 0.459. The average Bonchev–Trinajstić information content (AvgIpc) is 2.38. The zero-order valence-corrected chi connectivity index (χ0v) is 6.64. The zero-order chi connectivity index (χ0) is 9.14. The Balaban J connectivity index is 2.95. The second-order valence-electron chi connectivity index (χ2n) is 2.56. The van der Waals surface area contributed by atoms with Gasteiger partial charge in [-0.25, -0.2) is 9.89 Å². The molecule has 3 N–H and O–H groups in total. The fourth-order valence-corrected chi connectivity index (χ4v) is 0.966. The van der Waals surface area contributed by atoms with Gasteiger partial charge in [-0.3, -0.25) is 4.57 Å². The summed E-state index contributed by atoms with van der Waals surface area (Å²) < 4.78 is 1.16. The molecule has 0 aliphatic rings. The van der Waals surface area contributed by atoms with Crippen LogP contribution < -0.4 is 5.69 Å². The van der Waals surface area contributed by atoms with Crippen LogP contribution in [0, 0.1) is 0 Å². The number of rotatable bonds is 3. The van der Waals surface area contributed by atoms with E-state index in [9.17, 15) is 4.79 Å². The first kappa shape index (κ1) is 8.95. The lowest BCUT2D eigenvalue weighted by molar-refractivity contribution is 0.0848. The zero-order valence-electron chi connectivity index (χ0n) is 6.64. The summed E-state index contributed by atoms with van der Waals surface area (Å²) in [5.41, 5.74) is -0.435. The minimum atomic E-state index is -0.787. The summed E-state index contributed by atoms with van der Waals surface area (Å²) in [6, 6.07) is -0.628. The molecule has 0 aromatic carbocycles. The van der Waals surface area contributed by atoms with Crippen LogP contribution in [0.2, 0.25) is 0 Å². The predicted octanol–water partition coefficient (Wildman–Crippen LogP) is -1.51. The Bertz CT molecular complexity index is 290. The largest absolute Gasteiger partial charge is 0.394 e. The quantitative estimate of drug-likeness (QED) is 0.518. The molecule has 0 aliphatic heterocycles. The minimum Gasteiger partial charge on any atom is -0.394 e. The van der Waals surface area contributed by atoms with Gasteiger partial charge in [-0.15, -0.1) is 0 Å². The molecule has 0 amide bonds. The highest BCUT2D eigenvalue weighted by molar-refractivity contribution is 4.76. The Morgan fingerprint density at radius 2 is 2.50 bits per heavy atom. The standard InChI is InChI=1S/C6H11N3O3/c1-4(11)5(2-10)9-3-7-8-6(9)12/h3-5,10-11H,2H2,1H3,(H,8,12)/t4-,5-/m1/s1. The molecule has 68 valence electrons. The summed E-state index contributed by atoms with van der Waals surface area (Å²) in [7, 11) is 0. The van der Waals surface area contributed by atoms with E-state index in [2.05, 4.69) is 10.2 Å². The highest BCUT2D eigenvalue weighted by Crippen LogP contribution is 2.06. The first-order valence-corrected chi connectivity index (χ1v) is 3.57. The van der Waals surface area contributed by atoms with Crippen molar-refractivity contribution in [1.82, 2.24) is 14.8 Å². The van der Waals surface area contributed by atoms with Crippen molar-refractivity contribution in [2.75, 3.05) is 6.61 Å². The van der Waals surface area contributed by atoms with E-state index in [0.29, 0.717) is 0 Å². The van der Waals surface area contributed by atoms with Crippen molar-refractivity contribution in [2.45, 2.75) is 19.1 Å². The van der Waals surface area contributed by atoms with Crippen LogP contribution in [-0.4, -0.2) is 37.7 Å². The molecule has 0 saturated carbocycles. The summed E-state index contributed by atoms with van der Waals surface area (Å²) in [6.45, 7) is 1.21. The lowest BCUT2D eigenvalue weighted by atomic mass is 10.2. The summed E-state index contributed by atoms with van der Waals surface area (Å²) in [5.74, 6) is 0. The number of nitrogens with zero attached hydrogens (tertiary/aromatic N) is 2. The Morgan fingerprint density at radius 3 is 2.83 bits per heavy atom. The van der Waals surface area contributed by atoms with Crippen LogP contribution in [0.1, 0.15) is 13.0 Å². The van der Waals surface area contributed by atoms with Gasteiger partial charge in [0.05, 0.1) is 18.8 Å². The lowest BCUT2D eigenvalue weighted by Gasteiger charge is -2.16. The van der Waals surface area contributed by atoms with Crippen LogP contribution in [0.5, 0.6) is 0 Å². The minimum absolute atomic E-state index is 0.295. The van der Waals surface area contributed by atoms with E-state index in [1.165, 1.54) is 13.3 Å². The molecular formula is C6H11N3O3. The van der Waals surface area contributed by atoms with Crippen LogP contribution >= 0.6 is 0 Å². The predicted molar refractivity (Wildman–Crippen MR) is 40.7 cm³/mol. The van der Waals surface area contributed by atoms with E-state index in [-0.39, 0.29) is 6.61 Å². The van der Waals surface area contributed by atoms with E-state index < -0.39 is 17.8 Å². The maximum absolute atomic E-state index is 10.9. The van der Waals surface area contributed by atoms with E-state index in [0.717, 1.165) is 4.57 Å². The van der Waals surface area contributed by atoms with Crippen molar-refractivity contribution in [3.05, 3.63) is 16.8 Å². The molecule has 0 unspecified atom stereocenters. The maximum atomic E-state index is 10.9. The van der Waals surface area contributed by atoms with Gasteiger partial charge in [0.1, 0.15) is 6.33 Å². The number of aromatic nitrogens is 3. The number of H-pyrrole nitrogens is 1. The molecule has 6 nitrogen and oxygen atoms in total. The monoisotopic (exact) mass is 173 g/mol. The first-order valence-electron chi connectivity index (χ1n) is 3.57. The Labute approximate surface area is 68.5 Å². The third-order valence-electron chi connectivity index (χ3n) is 1.68. The smallest absolute Gasteiger partial charge is 0.343 e. The number of aliphatic hydroxyl groups excluding tert-OH is 2. The average molecular weight is 173 g/mol. The molecule has 0 aliphatic carbocycles. The fraction of sp³-hybridized carbons (Fsp3) is 0.667. The highest BCUT2D eigenvalue weighted by atomic mass is 16.3. The third-order valence-corrected chi connectivity index (χ3v) is 1.68. The van der Waals surface area contributed by atoms with Gasteiger partial charge < -0.3 is 10.2 Å². The molecule has 1 heterocycles. The number of hydrogen-bond acceptors (Lipinski definition) is 4. The van der Waals surface area contributed by atoms with Crippen molar-refractivity contribution in [3.63, 3.8) is 0 Å². The molecule has 6 heteroatoms. The van der Waals surface area contributed by atoms with Crippen LogP contribution in [-0.2, 0) is 0 Å². The van der Waals surface area contributed by atoms with Gasteiger partial charge in [0.2, 0.25) is 0 Å². The van der Waals surface area contributed by atoms with Crippen molar-refractivity contribution >= 4 is 0 Å². The molecule has 0 bridgehead atoms. The third kappa shape index (κ3) is 1.54. The number of aromatic amines is 1. The van der Waals surface area contributed by atoms with Crippen molar-refractivity contribution in [3.8, 4) is 0 Å². The van der Waals surface area contributed by atoms with Crippen LogP contribution in [0.25, 0.3) is 0 Å². The SMILES string of the molecule is C[C@@H](O)[C@@H](CO)n1cn[nH]c1=O. The van der Waals surface area contributed by atoms with E-state index in [1.54, 1.807) is 0 Å². The van der Waals surface area contributed by atoms with Gasteiger partial charge >= 0.3 is 5.69 Å². The Kier molecular flexibility index (Phi) is 2.61. The number of aliphatic hydroxyl groups is 2. The summed E-state index contributed by atoms with van der Waals surface area (Å²) >= 11 is 0. The van der Waals surface area contributed by atoms with E-state index >= 15 is 0 Å². The van der Waals surface area contributed by atoms with E-state index in [4.69, 9.17) is 10.2 Å². The molecule has 0 spiro atoms. The molecule has 1 rings (SSSR count). The summed E-state index contributed by atoms with van der Waals surface area (Å²) in [5, 5.41) is 23.6. The van der Waals surface area contributed by atoms with Crippen LogP contribution in [0.4, 0.5) is 0 Å². The number of hydrogen-bond donors (Lipinski definition) is 3. The van der Waals surface area contributed by atoms with Gasteiger partial charge in [0.15, 0.2) is 0 Å². The van der Waals surface area contributed by atoms with Gasteiger partial charge in [-0.1, -0.05) is 0 Å². The highest BCUT2D eigenvalue weighted by Gasteiger charge is 2.17. The second-order valence-corrected chi connectivity index (χ2v) is 2.56. The molecule has 0 saturated heterocycles. The molecule has 0 fully saturated rings. The lowest BCUT2D eigenvalue weighted by Crippen LogP contribution is -2.31.